The molecule has 0 aliphatic carbocycles. The summed E-state index contributed by atoms with van der Waals surface area (Å²) in [7, 11) is 0. The summed E-state index contributed by atoms with van der Waals surface area (Å²) in [5.74, 6) is 0. The van der Waals surface area contributed by atoms with Crippen LogP contribution in [0.3, 0.4) is 0 Å². The third-order valence-electron chi connectivity index (χ3n) is 3.39. The number of imidazole rings is 1. The number of nitrogens with one attached hydrogen (secondary N) is 3. The standard InChI is InChI=1S/C13H19N5/c1-2-12-13(17-10-16-12)9-11(1)15-5-8-18-6-3-14-4-7-18/h1-2,9-10,14-15H,3-8H2,(H,16,17). The lowest BCUT2D eigenvalue weighted by atomic mass is 10.2. The van der Waals surface area contributed by atoms with Crippen molar-refractivity contribution < 1.29 is 0 Å². The van der Waals surface area contributed by atoms with Crippen LogP contribution < -0.4 is 10.6 Å². The minimum Gasteiger partial charge on any atom is -0.384 e. The van der Waals surface area contributed by atoms with E-state index in [1.54, 1.807) is 6.33 Å². The summed E-state index contributed by atoms with van der Waals surface area (Å²) >= 11 is 0. The van der Waals surface area contributed by atoms with E-state index in [4.69, 9.17) is 0 Å². The number of benzene rings is 1. The fraction of sp³-hybridized carbons (Fsp3) is 0.462. The Hall–Kier alpha value is -1.59. The van der Waals surface area contributed by atoms with E-state index in [2.05, 4.69) is 37.6 Å². The van der Waals surface area contributed by atoms with E-state index in [0.29, 0.717) is 0 Å². The number of rotatable bonds is 4. The molecular formula is C13H19N5. The zero-order chi connectivity index (χ0) is 12.2. The van der Waals surface area contributed by atoms with Crippen LogP contribution in [0.15, 0.2) is 24.5 Å². The van der Waals surface area contributed by atoms with Crippen molar-refractivity contribution in [3.05, 3.63) is 24.5 Å². The van der Waals surface area contributed by atoms with E-state index in [1.165, 1.54) is 0 Å². The highest BCUT2D eigenvalue weighted by atomic mass is 15.2. The van der Waals surface area contributed by atoms with Gasteiger partial charge in [0.05, 0.1) is 17.4 Å². The minimum absolute atomic E-state index is 0.986. The number of H-pyrrole nitrogens is 1. The van der Waals surface area contributed by atoms with Crippen molar-refractivity contribution in [1.29, 1.82) is 0 Å². The van der Waals surface area contributed by atoms with E-state index in [9.17, 15) is 0 Å². The number of anilines is 1. The average Bonchev–Trinajstić information content (AvgIpc) is 2.87. The second-order valence-corrected chi connectivity index (χ2v) is 4.65. The molecule has 2 aromatic rings. The SMILES string of the molecule is c1nc2ccc(NCCN3CCNCC3)cc2[nH]1. The molecule has 0 unspecified atom stereocenters. The first-order valence-electron chi connectivity index (χ1n) is 6.52. The number of nitrogens with zero attached hydrogens (tertiary/aromatic N) is 2. The molecule has 0 spiro atoms. The molecule has 1 fully saturated rings. The van der Waals surface area contributed by atoms with Crippen LogP contribution in [0.4, 0.5) is 5.69 Å². The fourth-order valence-corrected chi connectivity index (χ4v) is 2.34. The Morgan fingerprint density at radius 2 is 2.17 bits per heavy atom. The van der Waals surface area contributed by atoms with Crippen LogP contribution in [0, 0.1) is 0 Å². The zero-order valence-corrected chi connectivity index (χ0v) is 10.4. The number of aromatic amines is 1. The Morgan fingerprint density at radius 3 is 3.06 bits per heavy atom. The maximum atomic E-state index is 4.22. The van der Waals surface area contributed by atoms with Crippen LogP contribution in [0.1, 0.15) is 0 Å². The normalized spacial score (nSPS) is 17.1. The lowest BCUT2D eigenvalue weighted by molar-refractivity contribution is 0.249. The summed E-state index contributed by atoms with van der Waals surface area (Å²) in [6, 6.07) is 6.24. The van der Waals surface area contributed by atoms with Gasteiger partial charge >= 0.3 is 0 Å². The second kappa shape index (κ2) is 5.37. The molecule has 2 heterocycles. The maximum Gasteiger partial charge on any atom is 0.0931 e. The summed E-state index contributed by atoms with van der Waals surface area (Å²) in [5, 5.41) is 6.83. The van der Waals surface area contributed by atoms with Crippen molar-refractivity contribution in [1.82, 2.24) is 20.2 Å². The molecule has 3 rings (SSSR count). The Balaban J connectivity index is 1.52. The van der Waals surface area contributed by atoms with Crippen LogP contribution in [0.2, 0.25) is 0 Å². The molecule has 96 valence electrons. The van der Waals surface area contributed by atoms with Crippen molar-refractivity contribution >= 4 is 16.7 Å². The van der Waals surface area contributed by atoms with Crippen LogP contribution >= 0.6 is 0 Å². The molecule has 5 heteroatoms. The number of piperazine rings is 1. The van der Waals surface area contributed by atoms with E-state index >= 15 is 0 Å². The Bertz CT molecular complexity index is 501. The predicted molar refractivity (Wildman–Crippen MR) is 73.9 cm³/mol. The lowest BCUT2D eigenvalue weighted by Crippen LogP contribution is -2.45. The second-order valence-electron chi connectivity index (χ2n) is 4.65. The van der Waals surface area contributed by atoms with E-state index in [-0.39, 0.29) is 0 Å². The average molecular weight is 245 g/mol. The van der Waals surface area contributed by atoms with Crippen LogP contribution in [0.25, 0.3) is 11.0 Å². The molecule has 1 saturated heterocycles. The lowest BCUT2D eigenvalue weighted by Gasteiger charge is -2.27. The molecular weight excluding hydrogens is 226 g/mol. The molecule has 1 aliphatic heterocycles. The van der Waals surface area contributed by atoms with Gasteiger partial charge in [-0.15, -0.1) is 0 Å². The highest BCUT2D eigenvalue weighted by Gasteiger charge is 2.08. The first kappa shape index (κ1) is 11.5. The first-order valence-corrected chi connectivity index (χ1v) is 6.52. The third-order valence-corrected chi connectivity index (χ3v) is 3.39. The molecule has 0 atom stereocenters. The van der Waals surface area contributed by atoms with Gasteiger partial charge in [0, 0.05) is 45.0 Å². The summed E-state index contributed by atoms with van der Waals surface area (Å²) < 4.78 is 0. The van der Waals surface area contributed by atoms with Crippen molar-refractivity contribution in [2.75, 3.05) is 44.6 Å². The van der Waals surface area contributed by atoms with Gasteiger partial charge in [0.25, 0.3) is 0 Å². The van der Waals surface area contributed by atoms with Crippen LogP contribution in [-0.4, -0.2) is 54.1 Å². The van der Waals surface area contributed by atoms with Gasteiger partial charge in [0.1, 0.15) is 0 Å². The maximum absolute atomic E-state index is 4.22. The van der Waals surface area contributed by atoms with Gasteiger partial charge in [0.2, 0.25) is 0 Å². The molecule has 1 aliphatic rings. The van der Waals surface area contributed by atoms with Crippen LogP contribution in [0.5, 0.6) is 0 Å². The molecule has 1 aromatic carbocycles. The summed E-state index contributed by atoms with van der Waals surface area (Å²) in [6.45, 7) is 6.62. The van der Waals surface area contributed by atoms with Gasteiger partial charge in [-0.25, -0.2) is 4.98 Å². The molecule has 0 radical (unpaired) electrons. The van der Waals surface area contributed by atoms with Gasteiger partial charge in [-0.2, -0.15) is 0 Å². The van der Waals surface area contributed by atoms with Crippen molar-refractivity contribution in [2.45, 2.75) is 0 Å². The van der Waals surface area contributed by atoms with Crippen molar-refractivity contribution in [3.8, 4) is 0 Å². The number of hydrogen-bond acceptors (Lipinski definition) is 4. The minimum atomic E-state index is 0.986. The quantitative estimate of drug-likeness (QED) is 0.748. The third kappa shape index (κ3) is 2.63. The summed E-state index contributed by atoms with van der Waals surface area (Å²) in [6.07, 6.45) is 1.73. The molecule has 0 bridgehead atoms. The predicted octanol–water partition coefficient (Wildman–Crippen LogP) is 0.880. The highest BCUT2D eigenvalue weighted by molar-refractivity contribution is 5.78. The fourth-order valence-electron chi connectivity index (χ4n) is 2.34. The zero-order valence-electron chi connectivity index (χ0n) is 10.4. The molecule has 0 amide bonds. The smallest absolute Gasteiger partial charge is 0.0931 e. The van der Waals surface area contributed by atoms with Gasteiger partial charge < -0.3 is 15.6 Å². The Kier molecular flexibility index (Phi) is 3.43. The number of hydrogen-bond donors (Lipinski definition) is 3. The molecule has 3 N–H and O–H groups in total. The van der Waals surface area contributed by atoms with Gasteiger partial charge in [-0.1, -0.05) is 0 Å². The molecule has 0 saturated carbocycles. The van der Waals surface area contributed by atoms with E-state index < -0.39 is 0 Å². The van der Waals surface area contributed by atoms with Gasteiger partial charge in [0.15, 0.2) is 0 Å². The van der Waals surface area contributed by atoms with E-state index in [1.807, 2.05) is 6.07 Å². The Morgan fingerprint density at radius 1 is 1.28 bits per heavy atom. The molecule has 1 aromatic heterocycles. The molecule has 5 nitrogen and oxygen atoms in total. The number of fused-ring (bicyclic) bond motifs is 1. The largest absolute Gasteiger partial charge is 0.384 e. The van der Waals surface area contributed by atoms with E-state index in [0.717, 1.165) is 56.0 Å². The van der Waals surface area contributed by atoms with Gasteiger partial charge in [-0.3, -0.25) is 4.90 Å². The topological polar surface area (TPSA) is 56.0 Å². The van der Waals surface area contributed by atoms with Crippen molar-refractivity contribution in [2.24, 2.45) is 0 Å². The monoisotopic (exact) mass is 245 g/mol. The number of aromatic nitrogens is 2. The van der Waals surface area contributed by atoms with Crippen LogP contribution in [-0.2, 0) is 0 Å². The highest BCUT2D eigenvalue weighted by Crippen LogP contribution is 2.15. The first-order chi connectivity index (χ1) is 8.92. The molecule has 18 heavy (non-hydrogen) atoms. The van der Waals surface area contributed by atoms with Crippen molar-refractivity contribution in [3.63, 3.8) is 0 Å². The summed E-state index contributed by atoms with van der Waals surface area (Å²) in [5.41, 5.74) is 3.26. The Labute approximate surface area is 107 Å². The van der Waals surface area contributed by atoms with Gasteiger partial charge in [-0.05, 0) is 18.2 Å². The summed E-state index contributed by atoms with van der Waals surface area (Å²) in [4.78, 5) is 9.83.